The molecule has 1 heterocycles. The lowest BCUT2D eigenvalue weighted by atomic mass is 10.2. The first kappa shape index (κ1) is 14.4. The molecule has 0 spiro atoms. The van der Waals surface area contributed by atoms with Gasteiger partial charge in [-0.2, -0.15) is 4.98 Å². The van der Waals surface area contributed by atoms with Gasteiger partial charge in [0.15, 0.2) is 9.84 Å². The summed E-state index contributed by atoms with van der Waals surface area (Å²) in [6.07, 6.45) is 0.954. The van der Waals surface area contributed by atoms with Crippen LogP contribution in [0.4, 0.5) is 4.39 Å². The van der Waals surface area contributed by atoms with E-state index in [1.165, 1.54) is 7.11 Å². The molecule has 9 heteroatoms. The standard InChI is InChI=1S/C11H12FN3O4S/c1-18-10-7(11-14-9(5-13)19-15-11)3-6(12)4-8(10)20(2,16)17/h3-4H,5,13H2,1-2H3. The molecule has 0 saturated carbocycles. The van der Waals surface area contributed by atoms with E-state index in [4.69, 9.17) is 15.0 Å². The fourth-order valence-electron chi connectivity index (χ4n) is 1.67. The van der Waals surface area contributed by atoms with Crippen molar-refractivity contribution in [3.05, 3.63) is 23.8 Å². The van der Waals surface area contributed by atoms with Gasteiger partial charge in [-0.25, -0.2) is 12.8 Å². The van der Waals surface area contributed by atoms with E-state index in [0.29, 0.717) is 0 Å². The minimum absolute atomic E-state index is 0.00620. The summed E-state index contributed by atoms with van der Waals surface area (Å²) in [5.74, 6) is -0.641. The lowest BCUT2D eigenvalue weighted by molar-refractivity contribution is 0.379. The third-order valence-electron chi connectivity index (χ3n) is 2.51. The molecule has 2 rings (SSSR count). The molecular weight excluding hydrogens is 289 g/mol. The highest BCUT2D eigenvalue weighted by Crippen LogP contribution is 2.35. The Morgan fingerprint density at radius 2 is 2.15 bits per heavy atom. The zero-order chi connectivity index (χ0) is 14.9. The van der Waals surface area contributed by atoms with E-state index in [9.17, 15) is 12.8 Å². The number of aromatic nitrogens is 2. The molecule has 0 aliphatic carbocycles. The van der Waals surface area contributed by atoms with Gasteiger partial charge in [-0.3, -0.25) is 0 Å². The van der Waals surface area contributed by atoms with Gasteiger partial charge in [0.1, 0.15) is 16.5 Å². The highest BCUT2D eigenvalue weighted by molar-refractivity contribution is 7.90. The average molecular weight is 301 g/mol. The van der Waals surface area contributed by atoms with Crippen molar-refractivity contribution >= 4 is 9.84 Å². The van der Waals surface area contributed by atoms with E-state index < -0.39 is 15.7 Å². The lowest BCUT2D eigenvalue weighted by Crippen LogP contribution is -2.04. The van der Waals surface area contributed by atoms with Crippen LogP contribution in [0, 0.1) is 5.82 Å². The number of nitrogens with two attached hydrogens (primary N) is 1. The van der Waals surface area contributed by atoms with Gasteiger partial charge in [-0.15, -0.1) is 0 Å². The normalized spacial score (nSPS) is 11.6. The molecule has 0 atom stereocenters. The van der Waals surface area contributed by atoms with Gasteiger partial charge in [-0.1, -0.05) is 5.16 Å². The summed E-state index contributed by atoms with van der Waals surface area (Å²) in [4.78, 5) is 3.64. The topological polar surface area (TPSA) is 108 Å². The summed E-state index contributed by atoms with van der Waals surface area (Å²) in [6, 6.07) is 1.94. The molecule has 1 aromatic heterocycles. The molecule has 0 saturated heterocycles. The van der Waals surface area contributed by atoms with Gasteiger partial charge < -0.3 is 15.0 Å². The molecule has 2 aromatic rings. The van der Waals surface area contributed by atoms with Gasteiger partial charge >= 0.3 is 0 Å². The van der Waals surface area contributed by atoms with Gasteiger partial charge in [0.25, 0.3) is 0 Å². The summed E-state index contributed by atoms with van der Waals surface area (Å²) >= 11 is 0. The maximum atomic E-state index is 13.6. The third kappa shape index (κ3) is 2.63. The van der Waals surface area contributed by atoms with Crippen molar-refractivity contribution in [2.75, 3.05) is 13.4 Å². The minimum Gasteiger partial charge on any atom is -0.495 e. The summed E-state index contributed by atoms with van der Waals surface area (Å²) in [6.45, 7) is 0.0174. The number of hydrogen-bond donors (Lipinski definition) is 1. The van der Waals surface area contributed by atoms with Crippen molar-refractivity contribution in [1.82, 2.24) is 10.1 Å². The molecule has 0 aliphatic heterocycles. The van der Waals surface area contributed by atoms with Crippen LogP contribution in [-0.4, -0.2) is 31.9 Å². The Hall–Kier alpha value is -2.00. The molecule has 7 nitrogen and oxygen atoms in total. The smallest absolute Gasteiger partial charge is 0.240 e. The fraction of sp³-hybridized carbons (Fsp3) is 0.273. The van der Waals surface area contributed by atoms with Gasteiger partial charge in [0, 0.05) is 6.26 Å². The predicted octanol–water partition coefficient (Wildman–Crippen LogP) is 0.747. The Balaban J connectivity index is 2.72. The molecule has 2 N–H and O–H groups in total. The second kappa shape index (κ2) is 5.17. The first-order chi connectivity index (χ1) is 9.36. The largest absolute Gasteiger partial charge is 0.495 e. The zero-order valence-corrected chi connectivity index (χ0v) is 11.6. The maximum Gasteiger partial charge on any atom is 0.240 e. The van der Waals surface area contributed by atoms with E-state index in [1.54, 1.807) is 0 Å². The Morgan fingerprint density at radius 1 is 1.45 bits per heavy atom. The predicted molar refractivity (Wildman–Crippen MR) is 67.2 cm³/mol. The van der Waals surface area contributed by atoms with Crippen LogP contribution in [0.5, 0.6) is 5.75 Å². The van der Waals surface area contributed by atoms with E-state index in [0.717, 1.165) is 18.4 Å². The van der Waals surface area contributed by atoms with Crippen LogP contribution >= 0.6 is 0 Å². The number of nitrogens with zero attached hydrogens (tertiary/aromatic N) is 2. The molecule has 20 heavy (non-hydrogen) atoms. The number of hydrogen-bond acceptors (Lipinski definition) is 7. The van der Waals surface area contributed by atoms with Gasteiger partial charge in [0.2, 0.25) is 11.7 Å². The molecule has 1 aromatic carbocycles. The summed E-state index contributed by atoms with van der Waals surface area (Å²) in [7, 11) is -2.40. The molecular formula is C11H12FN3O4S. The zero-order valence-electron chi connectivity index (χ0n) is 10.8. The van der Waals surface area contributed by atoms with E-state index >= 15 is 0 Å². The van der Waals surface area contributed by atoms with E-state index in [-0.39, 0.29) is 34.5 Å². The minimum atomic E-state index is -3.67. The Bertz CT molecular complexity index is 742. The number of rotatable bonds is 4. The van der Waals surface area contributed by atoms with Crippen molar-refractivity contribution in [1.29, 1.82) is 0 Å². The summed E-state index contributed by atoms with van der Waals surface area (Å²) < 4.78 is 46.9. The monoisotopic (exact) mass is 301 g/mol. The lowest BCUT2D eigenvalue weighted by Gasteiger charge is -2.10. The summed E-state index contributed by atoms with van der Waals surface area (Å²) in [5.41, 5.74) is 5.42. The van der Waals surface area contributed by atoms with Crippen molar-refractivity contribution in [3.8, 4) is 17.1 Å². The van der Waals surface area contributed by atoms with Gasteiger partial charge in [0.05, 0.1) is 19.2 Å². The first-order valence-electron chi connectivity index (χ1n) is 5.47. The van der Waals surface area contributed by atoms with Crippen LogP contribution in [0.3, 0.4) is 0 Å². The fourth-order valence-corrected chi connectivity index (χ4v) is 2.52. The van der Waals surface area contributed by atoms with Crippen molar-refractivity contribution < 1.29 is 22.1 Å². The van der Waals surface area contributed by atoms with Crippen molar-refractivity contribution in [3.63, 3.8) is 0 Å². The number of ether oxygens (including phenoxy) is 1. The first-order valence-corrected chi connectivity index (χ1v) is 7.36. The van der Waals surface area contributed by atoms with Crippen LogP contribution in [-0.2, 0) is 16.4 Å². The molecule has 0 bridgehead atoms. The number of sulfone groups is 1. The SMILES string of the molecule is COc1c(-c2noc(CN)n2)cc(F)cc1S(C)(=O)=O. The molecule has 0 radical (unpaired) electrons. The molecule has 0 amide bonds. The second-order valence-corrected chi connectivity index (χ2v) is 5.96. The molecule has 0 fully saturated rings. The van der Waals surface area contributed by atoms with Gasteiger partial charge in [-0.05, 0) is 12.1 Å². The Labute approximate surface area is 114 Å². The van der Waals surface area contributed by atoms with Crippen molar-refractivity contribution in [2.24, 2.45) is 5.73 Å². The van der Waals surface area contributed by atoms with E-state index in [1.807, 2.05) is 0 Å². The third-order valence-corrected chi connectivity index (χ3v) is 3.61. The number of halogens is 1. The van der Waals surface area contributed by atoms with E-state index in [2.05, 4.69) is 10.1 Å². The maximum absolute atomic E-state index is 13.6. The molecule has 108 valence electrons. The quantitative estimate of drug-likeness (QED) is 0.887. The van der Waals surface area contributed by atoms with Crippen LogP contribution in [0.15, 0.2) is 21.6 Å². The molecule has 0 aliphatic rings. The van der Waals surface area contributed by atoms with Crippen LogP contribution in [0.1, 0.15) is 5.89 Å². The van der Waals surface area contributed by atoms with Crippen molar-refractivity contribution in [2.45, 2.75) is 11.4 Å². The van der Waals surface area contributed by atoms with Crippen LogP contribution in [0.2, 0.25) is 0 Å². The second-order valence-electron chi connectivity index (χ2n) is 3.97. The Morgan fingerprint density at radius 3 is 2.65 bits per heavy atom. The number of methoxy groups -OCH3 is 1. The highest BCUT2D eigenvalue weighted by atomic mass is 32.2. The highest BCUT2D eigenvalue weighted by Gasteiger charge is 2.23. The van der Waals surface area contributed by atoms with Crippen LogP contribution < -0.4 is 10.5 Å². The Kier molecular flexibility index (Phi) is 3.73. The molecule has 0 unspecified atom stereocenters. The van der Waals surface area contributed by atoms with Crippen LogP contribution in [0.25, 0.3) is 11.4 Å². The summed E-state index contributed by atoms with van der Waals surface area (Å²) in [5, 5.41) is 3.62. The average Bonchev–Trinajstić information content (AvgIpc) is 2.85. The number of benzene rings is 1.